The van der Waals surface area contributed by atoms with Crippen molar-refractivity contribution >= 4 is 17.7 Å². The molecule has 0 aliphatic heterocycles. The number of hydrogen-bond donors (Lipinski definition) is 3. The molecule has 1 aliphatic carbocycles. The summed E-state index contributed by atoms with van der Waals surface area (Å²) in [5, 5.41) is 18.7. The van der Waals surface area contributed by atoms with Crippen molar-refractivity contribution in [3.05, 3.63) is 12.4 Å². The zero-order valence-corrected chi connectivity index (χ0v) is 12.4. The van der Waals surface area contributed by atoms with Crippen molar-refractivity contribution in [2.24, 2.45) is 0 Å². The largest absolute Gasteiger partial charge is 0.481 e. The zero-order chi connectivity index (χ0) is 15.5. The first-order valence-corrected chi connectivity index (χ1v) is 7.25. The molecule has 3 N–H and O–H groups in total. The number of aromatic nitrogens is 2. The Hall–Kier alpha value is -2.05. The summed E-state index contributed by atoms with van der Waals surface area (Å²) in [6, 6.07) is -0.154. The van der Waals surface area contributed by atoms with Crippen LogP contribution in [0.2, 0.25) is 0 Å². The summed E-state index contributed by atoms with van der Waals surface area (Å²) in [6.07, 6.45) is 6.60. The normalized spacial score (nSPS) is 16.9. The van der Waals surface area contributed by atoms with Gasteiger partial charge in [-0.15, -0.1) is 0 Å². The lowest BCUT2D eigenvalue weighted by Crippen LogP contribution is -2.49. The second-order valence-corrected chi connectivity index (χ2v) is 5.94. The molecule has 0 unspecified atom stereocenters. The van der Waals surface area contributed by atoms with Gasteiger partial charge in [0.25, 0.3) is 0 Å². The summed E-state index contributed by atoms with van der Waals surface area (Å²) in [6.45, 7) is 3.99. The molecule has 0 spiro atoms. The monoisotopic (exact) mass is 294 g/mol. The Morgan fingerprint density at radius 2 is 2.10 bits per heavy atom. The molecule has 1 heterocycles. The van der Waals surface area contributed by atoms with Crippen LogP contribution in [-0.2, 0) is 4.79 Å². The van der Waals surface area contributed by atoms with Crippen molar-refractivity contribution < 1.29 is 14.7 Å². The van der Waals surface area contributed by atoms with E-state index in [1.807, 2.05) is 13.8 Å². The molecule has 1 aromatic heterocycles. The minimum Gasteiger partial charge on any atom is -0.481 e. The van der Waals surface area contributed by atoms with Gasteiger partial charge in [0, 0.05) is 12.2 Å². The maximum absolute atomic E-state index is 12.1. The Kier molecular flexibility index (Phi) is 4.50. The maximum atomic E-state index is 12.1. The Labute approximate surface area is 123 Å². The highest BCUT2D eigenvalue weighted by molar-refractivity contribution is 5.89. The van der Waals surface area contributed by atoms with Gasteiger partial charge in [-0.05, 0) is 26.7 Å². The second-order valence-electron chi connectivity index (χ2n) is 5.94. The van der Waals surface area contributed by atoms with E-state index in [9.17, 15) is 9.59 Å². The first-order chi connectivity index (χ1) is 9.90. The smallest absolute Gasteiger partial charge is 0.319 e. The van der Waals surface area contributed by atoms with Crippen molar-refractivity contribution in [1.82, 2.24) is 15.1 Å². The number of urea groups is 1. The van der Waals surface area contributed by atoms with Gasteiger partial charge < -0.3 is 15.7 Å². The summed E-state index contributed by atoms with van der Waals surface area (Å²) in [4.78, 5) is 23.1. The van der Waals surface area contributed by atoms with Crippen LogP contribution in [0.1, 0.15) is 52.0 Å². The number of amides is 2. The van der Waals surface area contributed by atoms with E-state index in [2.05, 4.69) is 15.7 Å². The van der Waals surface area contributed by atoms with Gasteiger partial charge in [-0.2, -0.15) is 5.10 Å². The van der Waals surface area contributed by atoms with Gasteiger partial charge in [0.2, 0.25) is 0 Å². The molecule has 1 aliphatic rings. The highest BCUT2D eigenvalue weighted by Crippen LogP contribution is 2.32. The van der Waals surface area contributed by atoms with E-state index in [1.165, 1.54) is 0 Å². The van der Waals surface area contributed by atoms with Crippen molar-refractivity contribution in [1.29, 1.82) is 0 Å². The average molecular weight is 294 g/mol. The molecule has 0 saturated heterocycles. The number of carbonyl (C=O) groups excluding carboxylic acids is 1. The predicted octanol–water partition coefficient (Wildman–Crippen LogP) is 2.37. The minimum atomic E-state index is -0.884. The van der Waals surface area contributed by atoms with E-state index < -0.39 is 11.5 Å². The van der Waals surface area contributed by atoms with Crippen LogP contribution in [0.4, 0.5) is 10.5 Å². The minimum absolute atomic E-state index is 0.0360. The van der Waals surface area contributed by atoms with Gasteiger partial charge in [0.15, 0.2) is 0 Å². The van der Waals surface area contributed by atoms with Crippen LogP contribution in [0.5, 0.6) is 0 Å². The van der Waals surface area contributed by atoms with E-state index >= 15 is 0 Å². The van der Waals surface area contributed by atoms with E-state index in [0.29, 0.717) is 18.5 Å². The van der Waals surface area contributed by atoms with E-state index in [1.54, 1.807) is 17.1 Å². The molecule has 1 fully saturated rings. The molecule has 7 heteroatoms. The first kappa shape index (κ1) is 15.3. The molecule has 116 valence electrons. The molecule has 1 saturated carbocycles. The molecule has 2 amide bonds. The molecule has 0 bridgehead atoms. The van der Waals surface area contributed by atoms with Gasteiger partial charge in [0.05, 0.1) is 23.8 Å². The summed E-state index contributed by atoms with van der Waals surface area (Å²) >= 11 is 0. The number of anilines is 1. The van der Waals surface area contributed by atoms with E-state index in [4.69, 9.17) is 5.11 Å². The molecule has 0 atom stereocenters. The highest BCUT2D eigenvalue weighted by Gasteiger charge is 2.37. The maximum Gasteiger partial charge on any atom is 0.319 e. The number of nitrogens with one attached hydrogen (secondary N) is 2. The molecular weight excluding hydrogens is 272 g/mol. The number of hydrogen-bond acceptors (Lipinski definition) is 3. The Morgan fingerprint density at radius 3 is 2.62 bits per heavy atom. The quantitative estimate of drug-likeness (QED) is 0.776. The summed E-state index contributed by atoms with van der Waals surface area (Å²) in [5.74, 6) is -0.884. The van der Waals surface area contributed by atoms with Crippen molar-refractivity contribution in [3.8, 4) is 0 Å². The fourth-order valence-electron chi connectivity index (χ4n) is 2.78. The fourth-order valence-corrected chi connectivity index (χ4v) is 2.78. The molecule has 21 heavy (non-hydrogen) atoms. The molecule has 0 radical (unpaired) electrons. The van der Waals surface area contributed by atoms with Gasteiger partial charge >= 0.3 is 12.0 Å². The average Bonchev–Trinajstić information content (AvgIpc) is 2.98. The number of aliphatic carboxylic acids is 1. The number of carbonyl (C=O) groups is 2. The van der Waals surface area contributed by atoms with Gasteiger partial charge in [-0.1, -0.05) is 12.8 Å². The number of nitrogens with zero attached hydrogens (tertiary/aromatic N) is 2. The lowest BCUT2D eigenvalue weighted by Gasteiger charge is -2.28. The zero-order valence-electron chi connectivity index (χ0n) is 12.4. The third-order valence-corrected chi connectivity index (χ3v) is 3.82. The van der Waals surface area contributed by atoms with E-state index in [0.717, 1.165) is 12.8 Å². The van der Waals surface area contributed by atoms with Crippen LogP contribution in [0, 0.1) is 0 Å². The van der Waals surface area contributed by atoms with Gasteiger partial charge in [-0.25, -0.2) is 4.79 Å². The second kappa shape index (κ2) is 6.15. The van der Waals surface area contributed by atoms with Crippen LogP contribution in [0.3, 0.4) is 0 Å². The number of rotatable bonds is 5. The van der Waals surface area contributed by atoms with Gasteiger partial charge in [0.1, 0.15) is 0 Å². The van der Waals surface area contributed by atoms with Crippen LogP contribution >= 0.6 is 0 Å². The topological polar surface area (TPSA) is 96.2 Å². The highest BCUT2D eigenvalue weighted by atomic mass is 16.4. The molecule has 0 aromatic carbocycles. The lowest BCUT2D eigenvalue weighted by atomic mass is 9.93. The number of carboxylic acids is 1. The summed E-state index contributed by atoms with van der Waals surface area (Å²) in [7, 11) is 0. The molecule has 1 aromatic rings. The summed E-state index contributed by atoms with van der Waals surface area (Å²) in [5.41, 5.74) is -0.0195. The van der Waals surface area contributed by atoms with Crippen molar-refractivity contribution in [2.75, 3.05) is 5.32 Å². The molecule has 2 rings (SSSR count). The fraction of sp³-hybridized carbons (Fsp3) is 0.643. The van der Waals surface area contributed by atoms with Crippen LogP contribution in [-0.4, -0.2) is 32.4 Å². The van der Waals surface area contributed by atoms with Crippen molar-refractivity contribution in [3.63, 3.8) is 0 Å². The third-order valence-electron chi connectivity index (χ3n) is 3.82. The van der Waals surface area contributed by atoms with Crippen LogP contribution in [0.25, 0.3) is 0 Å². The lowest BCUT2D eigenvalue weighted by molar-refractivity contribution is -0.138. The van der Waals surface area contributed by atoms with Gasteiger partial charge in [-0.3, -0.25) is 9.48 Å². The SMILES string of the molecule is CC(C)n1cc(NC(=O)NC2(CC(=O)O)CCCC2)cn1. The predicted molar refractivity (Wildman–Crippen MR) is 78.2 cm³/mol. The van der Waals surface area contributed by atoms with E-state index in [-0.39, 0.29) is 18.5 Å². The molecule has 7 nitrogen and oxygen atoms in total. The Morgan fingerprint density at radius 1 is 1.43 bits per heavy atom. The van der Waals surface area contributed by atoms with Crippen molar-refractivity contribution in [2.45, 2.75) is 57.5 Å². The third kappa shape index (κ3) is 3.96. The van der Waals surface area contributed by atoms with Crippen LogP contribution < -0.4 is 10.6 Å². The van der Waals surface area contributed by atoms with Crippen LogP contribution in [0.15, 0.2) is 12.4 Å². The summed E-state index contributed by atoms with van der Waals surface area (Å²) < 4.78 is 1.75. The Balaban J connectivity index is 1.97. The Bertz CT molecular complexity index is 518. The standard InChI is InChI=1S/C14H22N4O3/c1-10(2)18-9-11(8-15-18)16-13(21)17-14(7-12(19)20)5-3-4-6-14/h8-10H,3-7H2,1-2H3,(H,19,20)(H2,16,17,21). The number of carboxylic acid groups (broad SMARTS) is 1. The first-order valence-electron chi connectivity index (χ1n) is 7.25. The molecular formula is C14H22N4O3.